The highest BCUT2D eigenvalue weighted by molar-refractivity contribution is 7.87. The zero-order chi connectivity index (χ0) is 25.9. The van der Waals surface area contributed by atoms with Crippen molar-refractivity contribution in [1.82, 2.24) is 0 Å². The molecule has 7 N–H and O–H groups in total. The Labute approximate surface area is 199 Å². The fourth-order valence-electron chi connectivity index (χ4n) is 3.49. The molecule has 4 aromatic carbocycles. The first-order valence-corrected chi connectivity index (χ1v) is 13.6. The Hall–Kier alpha value is -3.63. The monoisotopic (exact) mass is 540 g/mol. The normalized spacial score (nSPS) is 12.7. The van der Waals surface area contributed by atoms with Gasteiger partial charge in [0.05, 0.1) is 9.79 Å². The number of hydrogen-bond acceptors (Lipinski definition) is 10. The Bertz CT molecular complexity index is 1870. The summed E-state index contributed by atoms with van der Waals surface area (Å²) in [6.07, 6.45) is 0. The van der Waals surface area contributed by atoms with Gasteiger partial charge in [-0.2, -0.15) is 25.3 Å². The number of nitrogen functional groups attached to an aromatic ring is 2. The third-order valence-corrected chi connectivity index (χ3v) is 7.89. The average Bonchev–Trinajstić information content (AvgIpc) is 2.71. The molecule has 184 valence electrons. The van der Waals surface area contributed by atoms with E-state index in [2.05, 4.69) is 0 Å². The van der Waals surface area contributed by atoms with Crippen LogP contribution >= 0.6 is 0 Å². The van der Waals surface area contributed by atoms with E-state index in [0.717, 1.165) is 36.4 Å². The molecule has 0 fully saturated rings. The third-order valence-electron chi connectivity index (χ3n) is 5.00. The third kappa shape index (κ3) is 4.67. The summed E-state index contributed by atoms with van der Waals surface area (Å²) in [6, 6.07) is 9.35. The zero-order valence-corrected chi connectivity index (χ0v) is 19.7. The molecule has 0 atom stereocenters. The molecule has 0 saturated heterocycles. The van der Waals surface area contributed by atoms with E-state index < -0.39 is 56.5 Å². The number of fused-ring (bicyclic) bond motifs is 2. The van der Waals surface area contributed by atoms with E-state index in [1.54, 1.807) is 0 Å². The molecule has 15 heteroatoms. The van der Waals surface area contributed by atoms with Crippen LogP contribution in [0, 0.1) is 0 Å². The number of rotatable bonds is 5. The predicted molar refractivity (Wildman–Crippen MR) is 126 cm³/mol. The van der Waals surface area contributed by atoms with Gasteiger partial charge in [0.1, 0.15) is 10.6 Å². The first-order valence-electron chi connectivity index (χ1n) is 9.35. The van der Waals surface area contributed by atoms with Crippen LogP contribution in [-0.2, 0) is 30.4 Å². The first kappa shape index (κ1) is 24.5. The number of benzene rings is 4. The molecule has 0 spiro atoms. The summed E-state index contributed by atoms with van der Waals surface area (Å²) in [7, 11) is -14.2. The number of aromatic hydroxyl groups is 1. The molecule has 0 aliphatic heterocycles. The van der Waals surface area contributed by atoms with Crippen molar-refractivity contribution >= 4 is 63.3 Å². The van der Waals surface area contributed by atoms with Gasteiger partial charge < -0.3 is 20.8 Å². The van der Waals surface area contributed by atoms with Crippen molar-refractivity contribution in [3.8, 4) is 11.5 Å². The van der Waals surface area contributed by atoms with Crippen molar-refractivity contribution in [2.75, 3.05) is 11.5 Å². The molecule has 4 rings (SSSR count). The second-order valence-electron chi connectivity index (χ2n) is 7.44. The molecule has 0 aliphatic carbocycles. The van der Waals surface area contributed by atoms with Gasteiger partial charge in [-0.3, -0.25) is 9.11 Å². The molecule has 0 saturated carbocycles. The Morgan fingerprint density at radius 3 is 1.89 bits per heavy atom. The van der Waals surface area contributed by atoms with Crippen molar-refractivity contribution in [1.29, 1.82) is 0 Å². The van der Waals surface area contributed by atoms with Crippen LogP contribution in [0.4, 0.5) is 11.4 Å². The molecule has 0 unspecified atom stereocenters. The van der Waals surface area contributed by atoms with Crippen LogP contribution in [0.2, 0.25) is 0 Å². The molecule has 12 nitrogen and oxygen atoms in total. The summed E-state index contributed by atoms with van der Waals surface area (Å²) in [5.74, 6) is -1.06. The maximum absolute atomic E-state index is 13.1. The lowest BCUT2D eigenvalue weighted by Gasteiger charge is -2.14. The smallest absolute Gasteiger partial charge is 0.339 e. The van der Waals surface area contributed by atoms with Crippen molar-refractivity contribution in [2.24, 2.45) is 0 Å². The van der Waals surface area contributed by atoms with E-state index >= 15 is 0 Å². The number of phenols is 1. The van der Waals surface area contributed by atoms with E-state index in [1.165, 1.54) is 18.2 Å². The molecule has 0 radical (unpaired) electrons. The van der Waals surface area contributed by atoms with Gasteiger partial charge in [0, 0.05) is 34.3 Å². The summed E-state index contributed by atoms with van der Waals surface area (Å²) < 4.78 is 96.4. The van der Waals surface area contributed by atoms with E-state index in [9.17, 15) is 39.5 Å². The minimum atomic E-state index is -4.78. The van der Waals surface area contributed by atoms with Crippen molar-refractivity contribution in [3.05, 3.63) is 54.6 Å². The standard InChI is InChI=1S/C20H16N2O10S3/c21-12-3-11-6-15(34(27,28)29)9-19(20(11)17(22)7-12)32-35(30,31)13-1-2-16-10(4-13)5-14(8-18(16)23)33(24,25)26/h1-9,23H,21-22H2,(H,24,25,26)(H,27,28,29). The Balaban J connectivity index is 1.91. The van der Waals surface area contributed by atoms with Crippen molar-refractivity contribution < 1.29 is 43.6 Å². The van der Waals surface area contributed by atoms with Crippen LogP contribution < -0.4 is 15.7 Å². The molecule has 35 heavy (non-hydrogen) atoms. The van der Waals surface area contributed by atoms with Gasteiger partial charge in [-0.1, -0.05) is 0 Å². The second-order valence-corrected chi connectivity index (χ2v) is 11.8. The summed E-state index contributed by atoms with van der Waals surface area (Å²) in [5, 5.41) is 10.2. The highest BCUT2D eigenvalue weighted by Gasteiger charge is 2.24. The molecule has 0 bridgehead atoms. The van der Waals surface area contributed by atoms with Gasteiger partial charge in [0.25, 0.3) is 20.2 Å². The number of hydrogen-bond donors (Lipinski definition) is 5. The number of nitrogens with two attached hydrogens (primary N) is 2. The van der Waals surface area contributed by atoms with Crippen molar-refractivity contribution in [3.63, 3.8) is 0 Å². The Kier molecular flexibility index (Phi) is 5.57. The van der Waals surface area contributed by atoms with E-state index in [4.69, 9.17) is 15.7 Å². The predicted octanol–water partition coefficient (Wildman–Crippen LogP) is 2.12. The highest BCUT2D eigenvalue weighted by Crippen LogP contribution is 2.38. The average molecular weight is 541 g/mol. The summed E-state index contributed by atoms with van der Waals surface area (Å²) in [4.78, 5) is -1.85. The lowest BCUT2D eigenvalue weighted by atomic mass is 10.1. The molecule has 0 heterocycles. The fraction of sp³-hybridized carbons (Fsp3) is 0. The fourth-order valence-corrected chi connectivity index (χ4v) is 5.53. The topological polar surface area (TPSA) is 224 Å². The largest absolute Gasteiger partial charge is 0.507 e. The van der Waals surface area contributed by atoms with Crippen LogP contribution in [0.5, 0.6) is 11.5 Å². The van der Waals surface area contributed by atoms with Gasteiger partial charge >= 0.3 is 10.1 Å². The van der Waals surface area contributed by atoms with E-state index in [0.29, 0.717) is 0 Å². The molecule has 4 aromatic rings. The van der Waals surface area contributed by atoms with Crippen LogP contribution in [0.3, 0.4) is 0 Å². The summed E-state index contributed by atoms with van der Waals surface area (Å²) in [5.41, 5.74) is 11.8. The van der Waals surface area contributed by atoms with Crippen LogP contribution in [0.25, 0.3) is 21.5 Å². The summed E-state index contributed by atoms with van der Waals surface area (Å²) in [6.45, 7) is 0. The summed E-state index contributed by atoms with van der Waals surface area (Å²) >= 11 is 0. The highest BCUT2D eigenvalue weighted by atomic mass is 32.2. The minimum absolute atomic E-state index is 0.00210. The van der Waals surface area contributed by atoms with Crippen LogP contribution in [0.1, 0.15) is 0 Å². The lowest BCUT2D eigenvalue weighted by Crippen LogP contribution is -2.11. The molecular weight excluding hydrogens is 524 g/mol. The zero-order valence-electron chi connectivity index (χ0n) is 17.3. The maximum Gasteiger partial charge on any atom is 0.339 e. The van der Waals surface area contributed by atoms with Crippen LogP contribution in [-0.4, -0.2) is 39.5 Å². The Morgan fingerprint density at radius 1 is 0.686 bits per heavy atom. The maximum atomic E-state index is 13.1. The minimum Gasteiger partial charge on any atom is -0.507 e. The van der Waals surface area contributed by atoms with Crippen molar-refractivity contribution in [2.45, 2.75) is 14.7 Å². The van der Waals surface area contributed by atoms with Crippen LogP contribution in [0.15, 0.2) is 69.3 Å². The van der Waals surface area contributed by atoms with E-state index in [1.807, 2.05) is 0 Å². The number of phenolic OH excluding ortho intramolecular Hbond substituents is 1. The van der Waals surface area contributed by atoms with Gasteiger partial charge in [-0.25, -0.2) is 0 Å². The van der Waals surface area contributed by atoms with Gasteiger partial charge in [-0.05, 0) is 53.2 Å². The Morgan fingerprint density at radius 2 is 1.26 bits per heavy atom. The molecule has 0 amide bonds. The first-order chi connectivity index (χ1) is 16.1. The lowest BCUT2D eigenvalue weighted by molar-refractivity contribution is 0.470. The second kappa shape index (κ2) is 7.96. The van der Waals surface area contributed by atoms with Gasteiger partial charge in [-0.15, -0.1) is 0 Å². The van der Waals surface area contributed by atoms with Gasteiger partial charge in [0.2, 0.25) is 0 Å². The SMILES string of the molecule is Nc1cc(N)c2c(OS(=O)(=O)c3ccc4c(O)cc(S(=O)(=O)O)cc4c3)cc(S(=O)(=O)O)cc2c1. The van der Waals surface area contributed by atoms with E-state index in [-0.39, 0.29) is 32.9 Å². The van der Waals surface area contributed by atoms with Gasteiger partial charge in [0.15, 0.2) is 5.75 Å². The number of anilines is 2. The quantitative estimate of drug-likeness (QED) is 0.139. The molecule has 0 aliphatic rings. The molecule has 0 aromatic heterocycles. The molecular formula is C20H16N2O10S3.